The summed E-state index contributed by atoms with van der Waals surface area (Å²) in [6.07, 6.45) is 6.13. The van der Waals surface area contributed by atoms with Crippen LogP contribution in [0.3, 0.4) is 0 Å². The summed E-state index contributed by atoms with van der Waals surface area (Å²) < 4.78 is 0. The Hall–Kier alpha value is -1.67. The van der Waals surface area contributed by atoms with E-state index in [0.29, 0.717) is 6.42 Å². The van der Waals surface area contributed by atoms with Crippen LogP contribution < -0.4 is 0 Å². The van der Waals surface area contributed by atoms with Crippen molar-refractivity contribution in [1.82, 2.24) is 4.98 Å². The van der Waals surface area contributed by atoms with Crippen LogP contribution in [0.5, 0.6) is 0 Å². The second-order valence-electron chi connectivity index (χ2n) is 4.98. The molecule has 0 amide bonds. The van der Waals surface area contributed by atoms with Crippen molar-refractivity contribution in [3.8, 4) is 0 Å². The number of aryl methyl sites for hydroxylation is 1. The number of rotatable bonds is 3. The van der Waals surface area contributed by atoms with E-state index in [4.69, 9.17) is 0 Å². The maximum Gasteiger partial charge on any atom is 0.0649 e. The third-order valence-corrected chi connectivity index (χ3v) is 3.81. The Labute approximate surface area is 107 Å². The largest absolute Gasteiger partial charge is 0.392 e. The molecule has 2 heteroatoms. The summed E-state index contributed by atoms with van der Waals surface area (Å²) in [4.78, 5) is 4.10. The molecule has 92 valence electrons. The highest BCUT2D eigenvalue weighted by molar-refractivity contribution is 5.36. The lowest BCUT2D eigenvalue weighted by molar-refractivity contribution is 0.143. The van der Waals surface area contributed by atoms with Crippen molar-refractivity contribution in [2.75, 3.05) is 0 Å². The second-order valence-corrected chi connectivity index (χ2v) is 4.98. The van der Waals surface area contributed by atoms with E-state index in [1.807, 2.05) is 18.3 Å². The molecule has 0 bridgehead atoms. The number of pyridine rings is 1. The Kier molecular flexibility index (Phi) is 3.11. The quantitative estimate of drug-likeness (QED) is 0.893. The lowest BCUT2D eigenvalue weighted by atomic mass is 9.91. The summed E-state index contributed by atoms with van der Waals surface area (Å²) in [5.41, 5.74) is 3.83. The first-order valence-corrected chi connectivity index (χ1v) is 6.49. The molecule has 0 saturated heterocycles. The lowest BCUT2D eigenvalue weighted by Gasteiger charge is -2.19. The first kappa shape index (κ1) is 11.4. The number of aromatic nitrogens is 1. The van der Waals surface area contributed by atoms with Crippen LogP contribution in [-0.4, -0.2) is 16.2 Å². The van der Waals surface area contributed by atoms with Crippen LogP contribution in [0.2, 0.25) is 0 Å². The van der Waals surface area contributed by atoms with E-state index in [1.165, 1.54) is 11.1 Å². The Balaban J connectivity index is 1.77. The van der Waals surface area contributed by atoms with Crippen LogP contribution in [0.1, 0.15) is 29.0 Å². The van der Waals surface area contributed by atoms with Gasteiger partial charge in [-0.25, -0.2) is 0 Å². The van der Waals surface area contributed by atoms with Crippen LogP contribution in [0.4, 0.5) is 0 Å². The molecule has 2 unspecified atom stereocenters. The molecule has 1 heterocycles. The van der Waals surface area contributed by atoms with Gasteiger partial charge in [0.05, 0.1) is 6.10 Å². The summed E-state index contributed by atoms with van der Waals surface area (Å²) in [6.45, 7) is 0. The Morgan fingerprint density at radius 2 is 2.11 bits per heavy atom. The summed E-state index contributed by atoms with van der Waals surface area (Å²) in [7, 11) is 0. The van der Waals surface area contributed by atoms with Crippen LogP contribution >= 0.6 is 0 Å². The minimum atomic E-state index is -0.308. The number of nitrogens with zero attached hydrogens (tertiary/aromatic N) is 1. The molecule has 18 heavy (non-hydrogen) atoms. The summed E-state index contributed by atoms with van der Waals surface area (Å²) in [6, 6.07) is 12.4. The van der Waals surface area contributed by atoms with Gasteiger partial charge in [-0.3, -0.25) is 4.98 Å². The molecule has 0 radical (unpaired) electrons. The SMILES string of the molecule is OC(Cc1cccnc1)C1CCc2ccccc21. The number of aliphatic hydroxyl groups excluding tert-OH is 1. The number of aliphatic hydroxyl groups is 1. The molecule has 1 aromatic carbocycles. The van der Waals surface area contributed by atoms with E-state index in [9.17, 15) is 5.11 Å². The first-order chi connectivity index (χ1) is 8.84. The van der Waals surface area contributed by atoms with Gasteiger partial charge < -0.3 is 5.11 Å². The molecule has 0 saturated carbocycles. The zero-order valence-electron chi connectivity index (χ0n) is 10.3. The molecular formula is C16H17NO. The van der Waals surface area contributed by atoms with E-state index in [0.717, 1.165) is 18.4 Å². The van der Waals surface area contributed by atoms with Gasteiger partial charge in [0.15, 0.2) is 0 Å². The van der Waals surface area contributed by atoms with Crippen molar-refractivity contribution in [2.45, 2.75) is 31.3 Å². The topological polar surface area (TPSA) is 33.1 Å². The highest BCUT2D eigenvalue weighted by atomic mass is 16.3. The molecule has 3 rings (SSSR count). The maximum absolute atomic E-state index is 10.4. The normalized spacial score (nSPS) is 19.5. The van der Waals surface area contributed by atoms with Gasteiger partial charge in [-0.2, -0.15) is 0 Å². The molecule has 0 aliphatic heterocycles. The van der Waals surface area contributed by atoms with Gasteiger partial charge in [-0.15, -0.1) is 0 Å². The molecule has 1 aromatic heterocycles. The minimum Gasteiger partial charge on any atom is -0.392 e. The van der Waals surface area contributed by atoms with Crippen molar-refractivity contribution in [1.29, 1.82) is 0 Å². The van der Waals surface area contributed by atoms with Gasteiger partial charge in [0.2, 0.25) is 0 Å². The molecule has 1 aliphatic rings. The van der Waals surface area contributed by atoms with Gasteiger partial charge in [-0.05, 0) is 35.6 Å². The van der Waals surface area contributed by atoms with Crippen LogP contribution in [0.15, 0.2) is 48.8 Å². The van der Waals surface area contributed by atoms with Crippen LogP contribution in [0, 0.1) is 0 Å². The van der Waals surface area contributed by atoms with E-state index in [-0.39, 0.29) is 12.0 Å². The third kappa shape index (κ3) is 2.16. The Bertz CT molecular complexity index is 524. The van der Waals surface area contributed by atoms with E-state index in [2.05, 4.69) is 29.2 Å². The number of fused-ring (bicyclic) bond motifs is 1. The first-order valence-electron chi connectivity index (χ1n) is 6.49. The predicted octanol–water partition coefficient (Wildman–Crippen LogP) is 2.72. The summed E-state index contributed by atoms with van der Waals surface area (Å²) in [5, 5.41) is 10.4. The standard InChI is InChI=1S/C16H17NO/c18-16(10-12-4-3-9-17-11-12)15-8-7-13-5-1-2-6-14(13)15/h1-6,9,11,15-16,18H,7-8,10H2. The minimum absolute atomic E-state index is 0.279. The van der Waals surface area contributed by atoms with E-state index < -0.39 is 0 Å². The average molecular weight is 239 g/mol. The smallest absolute Gasteiger partial charge is 0.0649 e. The Morgan fingerprint density at radius 1 is 1.22 bits per heavy atom. The molecule has 2 atom stereocenters. The maximum atomic E-state index is 10.4. The molecule has 0 spiro atoms. The number of hydrogen-bond acceptors (Lipinski definition) is 2. The van der Waals surface area contributed by atoms with Crippen molar-refractivity contribution >= 4 is 0 Å². The van der Waals surface area contributed by atoms with Gasteiger partial charge in [0.25, 0.3) is 0 Å². The van der Waals surface area contributed by atoms with Crippen molar-refractivity contribution in [2.24, 2.45) is 0 Å². The van der Waals surface area contributed by atoms with Gasteiger partial charge in [-0.1, -0.05) is 30.3 Å². The van der Waals surface area contributed by atoms with Gasteiger partial charge in [0.1, 0.15) is 0 Å². The van der Waals surface area contributed by atoms with Crippen molar-refractivity contribution in [3.05, 3.63) is 65.5 Å². The third-order valence-electron chi connectivity index (χ3n) is 3.81. The summed E-state index contributed by atoms with van der Waals surface area (Å²) in [5.74, 6) is 0.279. The van der Waals surface area contributed by atoms with Crippen molar-refractivity contribution < 1.29 is 5.11 Å². The van der Waals surface area contributed by atoms with Crippen LogP contribution in [0.25, 0.3) is 0 Å². The molecule has 2 nitrogen and oxygen atoms in total. The molecule has 2 aromatic rings. The molecule has 1 N–H and O–H groups in total. The van der Waals surface area contributed by atoms with Crippen LogP contribution in [-0.2, 0) is 12.8 Å². The fourth-order valence-corrected chi connectivity index (χ4v) is 2.89. The predicted molar refractivity (Wildman–Crippen MR) is 71.5 cm³/mol. The molecular weight excluding hydrogens is 222 g/mol. The number of benzene rings is 1. The Morgan fingerprint density at radius 3 is 2.94 bits per heavy atom. The summed E-state index contributed by atoms with van der Waals surface area (Å²) >= 11 is 0. The van der Waals surface area contributed by atoms with Crippen molar-refractivity contribution in [3.63, 3.8) is 0 Å². The lowest BCUT2D eigenvalue weighted by Crippen LogP contribution is -2.19. The monoisotopic (exact) mass is 239 g/mol. The highest BCUT2D eigenvalue weighted by Gasteiger charge is 2.28. The zero-order valence-corrected chi connectivity index (χ0v) is 10.3. The second kappa shape index (κ2) is 4.91. The zero-order chi connectivity index (χ0) is 12.4. The van der Waals surface area contributed by atoms with E-state index in [1.54, 1.807) is 6.20 Å². The molecule has 0 fully saturated rings. The van der Waals surface area contributed by atoms with Gasteiger partial charge in [0, 0.05) is 24.7 Å². The highest BCUT2D eigenvalue weighted by Crippen LogP contribution is 2.36. The molecule has 1 aliphatic carbocycles. The average Bonchev–Trinajstić information content (AvgIpc) is 2.84. The number of hydrogen-bond donors (Lipinski definition) is 1. The fourth-order valence-electron chi connectivity index (χ4n) is 2.89. The van der Waals surface area contributed by atoms with Gasteiger partial charge >= 0.3 is 0 Å². The van der Waals surface area contributed by atoms with E-state index >= 15 is 0 Å². The fraction of sp³-hybridized carbons (Fsp3) is 0.312.